The Morgan fingerprint density at radius 2 is 2.12 bits per heavy atom. The Balaban J connectivity index is 1.79. The molecule has 1 saturated heterocycles. The van der Waals surface area contributed by atoms with E-state index in [1.807, 2.05) is 19.9 Å². The smallest absolute Gasteiger partial charge is 0.145 e. The van der Waals surface area contributed by atoms with Crippen LogP contribution in [0, 0.1) is 0 Å². The highest BCUT2D eigenvalue weighted by atomic mass is 35.5. The van der Waals surface area contributed by atoms with Crippen molar-refractivity contribution < 1.29 is 9.84 Å². The van der Waals surface area contributed by atoms with Crippen LogP contribution in [-0.2, 0) is 6.54 Å². The maximum absolute atomic E-state index is 9.50. The molecule has 3 rings (SSSR count). The monoisotopic (exact) mass is 376 g/mol. The molecule has 2 atom stereocenters. The Bertz CT molecular complexity index is 735. The van der Waals surface area contributed by atoms with Gasteiger partial charge in [-0.2, -0.15) is 0 Å². The van der Waals surface area contributed by atoms with Gasteiger partial charge in [-0.05, 0) is 50.2 Å². The number of fused-ring (bicyclic) bond motifs is 1. The fourth-order valence-electron chi connectivity index (χ4n) is 3.75. The molecule has 1 heterocycles. The Labute approximate surface area is 161 Å². The molecule has 0 amide bonds. The van der Waals surface area contributed by atoms with Crippen LogP contribution in [0.1, 0.15) is 32.3 Å². The predicted molar refractivity (Wildman–Crippen MR) is 108 cm³/mol. The van der Waals surface area contributed by atoms with Gasteiger partial charge >= 0.3 is 0 Å². The second-order valence-corrected chi connectivity index (χ2v) is 7.56. The molecular formula is C21H29ClN2O2. The van der Waals surface area contributed by atoms with E-state index in [-0.39, 0.29) is 6.10 Å². The summed E-state index contributed by atoms with van der Waals surface area (Å²) < 4.78 is 5.79. The summed E-state index contributed by atoms with van der Waals surface area (Å²) in [6.45, 7) is 8.01. The number of halogens is 1. The third-order valence-corrected chi connectivity index (χ3v) is 5.21. The van der Waals surface area contributed by atoms with Crippen LogP contribution in [-0.4, -0.2) is 48.4 Å². The number of benzene rings is 2. The number of ether oxygens (including phenoxy) is 1. The highest BCUT2D eigenvalue weighted by Crippen LogP contribution is 2.36. The Morgan fingerprint density at radius 3 is 2.85 bits per heavy atom. The number of aliphatic hydroxyl groups excluding tert-OH is 1. The van der Waals surface area contributed by atoms with Gasteiger partial charge < -0.3 is 15.2 Å². The summed E-state index contributed by atoms with van der Waals surface area (Å²) in [7, 11) is 0. The lowest BCUT2D eigenvalue weighted by Gasteiger charge is -2.34. The van der Waals surface area contributed by atoms with Crippen LogP contribution in [0.2, 0.25) is 5.02 Å². The molecule has 1 aliphatic heterocycles. The molecule has 4 nitrogen and oxygen atoms in total. The van der Waals surface area contributed by atoms with Crippen LogP contribution < -0.4 is 10.1 Å². The average molecular weight is 377 g/mol. The second kappa shape index (κ2) is 9.05. The van der Waals surface area contributed by atoms with Crippen molar-refractivity contribution in [1.82, 2.24) is 10.2 Å². The van der Waals surface area contributed by atoms with Gasteiger partial charge in [-0.3, -0.25) is 4.90 Å². The van der Waals surface area contributed by atoms with Gasteiger partial charge in [0, 0.05) is 31.1 Å². The molecule has 1 fully saturated rings. The summed E-state index contributed by atoms with van der Waals surface area (Å²) in [6, 6.07) is 10.8. The molecule has 0 unspecified atom stereocenters. The Hall–Kier alpha value is -1.33. The summed E-state index contributed by atoms with van der Waals surface area (Å²) in [6.07, 6.45) is 2.02. The number of piperidine rings is 1. The van der Waals surface area contributed by atoms with Gasteiger partial charge in [-0.1, -0.05) is 35.9 Å². The van der Waals surface area contributed by atoms with E-state index >= 15 is 0 Å². The highest BCUT2D eigenvalue weighted by molar-refractivity contribution is 6.33. The van der Waals surface area contributed by atoms with Crippen molar-refractivity contribution in [2.75, 3.05) is 26.2 Å². The lowest BCUT2D eigenvalue weighted by Crippen LogP contribution is -2.46. The number of nitrogens with zero attached hydrogens (tertiary/aromatic N) is 1. The van der Waals surface area contributed by atoms with Crippen molar-refractivity contribution in [3.05, 3.63) is 40.9 Å². The van der Waals surface area contributed by atoms with Crippen LogP contribution in [0.4, 0.5) is 0 Å². The standard InChI is InChI=1S/C21H29ClN2O2/c1-3-26-21-19-9-5-4-8-18(19)16(11-20(21)22)13-24-10-6-7-17(14-24)23-12-15(2)25/h4-5,8-9,11,15,17,23,25H,3,6-7,10,12-14H2,1-2H3/t15-,17-/m0/s1. The molecule has 0 aromatic heterocycles. The topological polar surface area (TPSA) is 44.7 Å². The fraction of sp³-hybridized carbons (Fsp3) is 0.524. The van der Waals surface area contributed by atoms with E-state index in [0.717, 1.165) is 37.2 Å². The maximum Gasteiger partial charge on any atom is 0.145 e. The number of hydrogen-bond acceptors (Lipinski definition) is 4. The van der Waals surface area contributed by atoms with E-state index in [0.29, 0.717) is 24.2 Å². The second-order valence-electron chi connectivity index (χ2n) is 7.16. The minimum absolute atomic E-state index is 0.306. The van der Waals surface area contributed by atoms with E-state index in [9.17, 15) is 5.11 Å². The summed E-state index contributed by atoms with van der Waals surface area (Å²) in [5.74, 6) is 0.781. The normalized spacial score (nSPS) is 19.6. The summed E-state index contributed by atoms with van der Waals surface area (Å²) in [5.41, 5.74) is 1.24. The first-order valence-corrected chi connectivity index (χ1v) is 9.93. The number of aliphatic hydroxyl groups is 1. The first kappa shape index (κ1) is 19.4. The van der Waals surface area contributed by atoms with Crippen LogP contribution >= 0.6 is 11.6 Å². The van der Waals surface area contributed by atoms with Crippen molar-refractivity contribution in [3.63, 3.8) is 0 Å². The summed E-state index contributed by atoms with van der Waals surface area (Å²) >= 11 is 6.53. The Kier molecular flexibility index (Phi) is 6.76. The Morgan fingerprint density at radius 1 is 1.35 bits per heavy atom. The molecule has 2 N–H and O–H groups in total. The van der Waals surface area contributed by atoms with Crippen LogP contribution in [0.5, 0.6) is 5.75 Å². The number of likely N-dealkylation sites (tertiary alicyclic amines) is 1. The molecular weight excluding hydrogens is 348 g/mol. The molecule has 2 aromatic carbocycles. The zero-order valence-corrected chi connectivity index (χ0v) is 16.4. The molecule has 26 heavy (non-hydrogen) atoms. The van der Waals surface area contributed by atoms with E-state index in [1.165, 1.54) is 17.4 Å². The van der Waals surface area contributed by atoms with Crippen molar-refractivity contribution >= 4 is 22.4 Å². The maximum atomic E-state index is 9.50. The number of nitrogens with one attached hydrogen (secondary N) is 1. The SMILES string of the molecule is CCOc1c(Cl)cc(CN2CCC[C@H](NC[C@H](C)O)C2)c2ccccc12. The van der Waals surface area contributed by atoms with Gasteiger partial charge in [-0.25, -0.2) is 0 Å². The van der Waals surface area contributed by atoms with E-state index in [1.54, 1.807) is 0 Å². The number of hydrogen-bond donors (Lipinski definition) is 2. The van der Waals surface area contributed by atoms with E-state index in [4.69, 9.17) is 16.3 Å². The largest absolute Gasteiger partial charge is 0.492 e. The van der Waals surface area contributed by atoms with Gasteiger partial charge in [0.2, 0.25) is 0 Å². The zero-order chi connectivity index (χ0) is 18.5. The fourth-order valence-corrected chi connectivity index (χ4v) is 4.04. The minimum atomic E-state index is -0.306. The first-order chi connectivity index (χ1) is 12.6. The van der Waals surface area contributed by atoms with Crippen LogP contribution in [0.3, 0.4) is 0 Å². The third-order valence-electron chi connectivity index (χ3n) is 4.93. The molecule has 142 valence electrons. The molecule has 2 aromatic rings. The van der Waals surface area contributed by atoms with Gasteiger partial charge in [0.1, 0.15) is 5.75 Å². The molecule has 0 saturated carbocycles. The van der Waals surface area contributed by atoms with Gasteiger partial charge in [0.25, 0.3) is 0 Å². The van der Waals surface area contributed by atoms with Crippen molar-refractivity contribution in [1.29, 1.82) is 0 Å². The molecule has 0 aliphatic carbocycles. The lowest BCUT2D eigenvalue weighted by atomic mass is 10.0. The van der Waals surface area contributed by atoms with Gasteiger partial charge in [0.15, 0.2) is 0 Å². The first-order valence-electron chi connectivity index (χ1n) is 9.55. The van der Waals surface area contributed by atoms with E-state index in [2.05, 4.69) is 34.5 Å². The highest BCUT2D eigenvalue weighted by Gasteiger charge is 2.21. The zero-order valence-electron chi connectivity index (χ0n) is 15.7. The summed E-state index contributed by atoms with van der Waals surface area (Å²) in [4.78, 5) is 2.47. The van der Waals surface area contributed by atoms with Crippen LogP contribution in [0.15, 0.2) is 30.3 Å². The predicted octanol–water partition coefficient (Wildman–Crippen LogP) is 3.83. The number of rotatable bonds is 7. The molecule has 0 radical (unpaired) electrons. The lowest BCUT2D eigenvalue weighted by molar-refractivity contribution is 0.153. The van der Waals surface area contributed by atoms with Crippen molar-refractivity contribution in [2.45, 2.75) is 45.4 Å². The van der Waals surface area contributed by atoms with E-state index < -0.39 is 0 Å². The third kappa shape index (κ3) is 4.68. The van der Waals surface area contributed by atoms with Gasteiger partial charge in [-0.15, -0.1) is 0 Å². The van der Waals surface area contributed by atoms with Crippen LogP contribution in [0.25, 0.3) is 10.8 Å². The molecule has 0 spiro atoms. The average Bonchev–Trinajstić information content (AvgIpc) is 2.63. The molecule has 5 heteroatoms. The van der Waals surface area contributed by atoms with Gasteiger partial charge in [0.05, 0.1) is 17.7 Å². The quantitative estimate of drug-likeness (QED) is 0.770. The summed E-state index contributed by atoms with van der Waals surface area (Å²) in [5, 5.41) is 15.9. The molecule has 1 aliphatic rings. The van der Waals surface area contributed by atoms with Crippen molar-refractivity contribution in [3.8, 4) is 5.75 Å². The van der Waals surface area contributed by atoms with Crippen molar-refractivity contribution in [2.24, 2.45) is 0 Å². The molecule has 0 bridgehead atoms. The minimum Gasteiger partial charge on any atom is -0.492 e.